The molecule has 1 amide bonds. The van der Waals surface area contributed by atoms with Crippen LogP contribution in [-0.2, 0) is 6.54 Å². The van der Waals surface area contributed by atoms with Gasteiger partial charge in [-0.25, -0.2) is 0 Å². The molecule has 0 radical (unpaired) electrons. The van der Waals surface area contributed by atoms with Crippen LogP contribution in [0, 0.1) is 11.3 Å². The van der Waals surface area contributed by atoms with Gasteiger partial charge in [0.2, 0.25) is 0 Å². The van der Waals surface area contributed by atoms with Crippen LogP contribution in [-0.4, -0.2) is 5.91 Å². The number of rotatable bonds is 4. The summed E-state index contributed by atoms with van der Waals surface area (Å²) in [6.45, 7) is 0.305. The predicted octanol–water partition coefficient (Wildman–Crippen LogP) is 4.81. The van der Waals surface area contributed by atoms with Crippen LogP contribution >= 0.6 is 11.6 Å². The fraction of sp³-hybridized carbons (Fsp3) is 0.0476. The van der Waals surface area contributed by atoms with Crippen molar-refractivity contribution >= 4 is 17.5 Å². The summed E-state index contributed by atoms with van der Waals surface area (Å²) in [5.74, 6) is -0.168. The Morgan fingerprint density at radius 1 is 0.960 bits per heavy atom. The summed E-state index contributed by atoms with van der Waals surface area (Å²) in [6.07, 6.45) is 0. The number of nitrogens with one attached hydrogen (secondary N) is 1. The molecule has 0 unspecified atom stereocenters. The summed E-state index contributed by atoms with van der Waals surface area (Å²) in [5, 5.41) is 12.2. The third-order valence-corrected chi connectivity index (χ3v) is 4.21. The number of hydrogen-bond donors (Lipinski definition) is 1. The fourth-order valence-electron chi connectivity index (χ4n) is 2.51. The SMILES string of the molecule is N#Cc1ccc(CNC(=O)c2cccc(-c3ccccc3)c2)c(Cl)c1. The van der Waals surface area contributed by atoms with Gasteiger partial charge < -0.3 is 5.32 Å². The van der Waals surface area contributed by atoms with E-state index in [0.717, 1.165) is 16.7 Å². The molecule has 1 N–H and O–H groups in total. The molecule has 0 saturated carbocycles. The quantitative estimate of drug-likeness (QED) is 0.737. The molecular weight excluding hydrogens is 332 g/mol. The van der Waals surface area contributed by atoms with Crippen molar-refractivity contribution in [1.29, 1.82) is 5.26 Å². The first-order chi connectivity index (χ1) is 12.2. The van der Waals surface area contributed by atoms with E-state index < -0.39 is 0 Å². The van der Waals surface area contributed by atoms with Crippen LogP contribution in [0.1, 0.15) is 21.5 Å². The van der Waals surface area contributed by atoms with Crippen molar-refractivity contribution in [3.05, 3.63) is 94.5 Å². The van der Waals surface area contributed by atoms with Crippen molar-refractivity contribution in [1.82, 2.24) is 5.32 Å². The molecule has 3 aromatic rings. The number of carbonyl (C=O) groups excluding carboxylic acids is 1. The maximum absolute atomic E-state index is 12.4. The number of amides is 1. The van der Waals surface area contributed by atoms with Crippen molar-refractivity contribution in [2.24, 2.45) is 0 Å². The molecule has 0 fully saturated rings. The van der Waals surface area contributed by atoms with Gasteiger partial charge in [0.15, 0.2) is 0 Å². The molecule has 0 spiro atoms. The second kappa shape index (κ2) is 7.65. The maximum Gasteiger partial charge on any atom is 0.251 e. The Labute approximate surface area is 151 Å². The molecule has 3 rings (SSSR count). The second-order valence-electron chi connectivity index (χ2n) is 5.55. The van der Waals surface area contributed by atoms with Gasteiger partial charge in [0.1, 0.15) is 0 Å². The van der Waals surface area contributed by atoms with Crippen LogP contribution < -0.4 is 5.32 Å². The molecule has 4 heteroatoms. The average molecular weight is 347 g/mol. The number of nitriles is 1. The maximum atomic E-state index is 12.4. The van der Waals surface area contributed by atoms with Gasteiger partial charge in [-0.3, -0.25) is 4.79 Å². The van der Waals surface area contributed by atoms with E-state index in [1.54, 1.807) is 24.3 Å². The number of nitrogens with zero attached hydrogens (tertiary/aromatic N) is 1. The van der Waals surface area contributed by atoms with Gasteiger partial charge in [0, 0.05) is 17.1 Å². The highest BCUT2D eigenvalue weighted by Crippen LogP contribution is 2.21. The first kappa shape index (κ1) is 16.8. The lowest BCUT2D eigenvalue weighted by molar-refractivity contribution is 0.0951. The molecule has 0 bridgehead atoms. The van der Waals surface area contributed by atoms with Crippen molar-refractivity contribution in [2.75, 3.05) is 0 Å². The third-order valence-electron chi connectivity index (χ3n) is 3.85. The Morgan fingerprint density at radius 3 is 2.44 bits per heavy atom. The van der Waals surface area contributed by atoms with E-state index in [2.05, 4.69) is 5.32 Å². The highest BCUT2D eigenvalue weighted by atomic mass is 35.5. The highest BCUT2D eigenvalue weighted by molar-refractivity contribution is 6.31. The van der Waals surface area contributed by atoms with E-state index in [-0.39, 0.29) is 5.91 Å². The lowest BCUT2D eigenvalue weighted by Crippen LogP contribution is -2.22. The van der Waals surface area contributed by atoms with Gasteiger partial charge in [-0.2, -0.15) is 5.26 Å². The van der Waals surface area contributed by atoms with E-state index in [9.17, 15) is 4.79 Å². The zero-order valence-corrected chi connectivity index (χ0v) is 14.1. The van der Waals surface area contributed by atoms with Gasteiger partial charge in [-0.1, -0.05) is 60.1 Å². The number of halogens is 1. The van der Waals surface area contributed by atoms with Crippen molar-refractivity contribution in [3.63, 3.8) is 0 Å². The normalized spacial score (nSPS) is 10.1. The first-order valence-corrected chi connectivity index (χ1v) is 8.17. The van der Waals surface area contributed by atoms with Gasteiger partial charge in [0.25, 0.3) is 5.91 Å². The molecule has 0 heterocycles. The zero-order chi connectivity index (χ0) is 17.6. The number of hydrogen-bond acceptors (Lipinski definition) is 2. The Hall–Kier alpha value is -3.09. The van der Waals surface area contributed by atoms with Crippen LogP contribution in [0.3, 0.4) is 0 Å². The van der Waals surface area contributed by atoms with E-state index in [0.29, 0.717) is 22.7 Å². The lowest BCUT2D eigenvalue weighted by Gasteiger charge is -2.09. The van der Waals surface area contributed by atoms with Crippen LogP contribution in [0.15, 0.2) is 72.8 Å². The van der Waals surface area contributed by atoms with Crippen LogP contribution in [0.2, 0.25) is 5.02 Å². The minimum Gasteiger partial charge on any atom is -0.348 e. The minimum absolute atomic E-state index is 0.168. The van der Waals surface area contributed by atoms with E-state index >= 15 is 0 Å². The molecular formula is C21H15ClN2O. The Kier molecular flexibility index (Phi) is 5.13. The number of carbonyl (C=O) groups is 1. The summed E-state index contributed by atoms with van der Waals surface area (Å²) >= 11 is 6.14. The van der Waals surface area contributed by atoms with E-state index in [4.69, 9.17) is 16.9 Å². The highest BCUT2D eigenvalue weighted by Gasteiger charge is 2.08. The van der Waals surface area contributed by atoms with Crippen molar-refractivity contribution in [3.8, 4) is 17.2 Å². The largest absolute Gasteiger partial charge is 0.348 e. The average Bonchev–Trinajstić information content (AvgIpc) is 2.67. The molecule has 3 nitrogen and oxygen atoms in total. The zero-order valence-electron chi connectivity index (χ0n) is 13.4. The molecule has 0 atom stereocenters. The smallest absolute Gasteiger partial charge is 0.251 e. The molecule has 0 aromatic heterocycles. The Bertz CT molecular complexity index is 946. The molecule has 25 heavy (non-hydrogen) atoms. The molecule has 0 saturated heterocycles. The molecule has 0 aliphatic carbocycles. The lowest BCUT2D eigenvalue weighted by atomic mass is 10.0. The second-order valence-corrected chi connectivity index (χ2v) is 5.95. The van der Waals surface area contributed by atoms with E-state index in [1.807, 2.05) is 54.6 Å². The molecule has 0 aliphatic heterocycles. The number of benzene rings is 3. The minimum atomic E-state index is -0.168. The van der Waals surface area contributed by atoms with Crippen LogP contribution in [0.5, 0.6) is 0 Å². The van der Waals surface area contributed by atoms with E-state index in [1.165, 1.54) is 0 Å². The van der Waals surface area contributed by atoms with Gasteiger partial charge in [-0.05, 0) is 41.0 Å². The van der Waals surface area contributed by atoms with Gasteiger partial charge in [-0.15, -0.1) is 0 Å². The standard InChI is InChI=1S/C21H15ClN2O/c22-20-11-15(13-23)9-10-19(20)14-24-21(25)18-8-4-7-17(12-18)16-5-2-1-3-6-16/h1-12H,14H2,(H,24,25). The summed E-state index contributed by atoms with van der Waals surface area (Å²) < 4.78 is 0. The molecule has 3 aromatic carbocycles. The topological polar surface area (TPSA) is 52.9 Å². The third kappa shape index (κ3) is 4.06. The summed E-state index contributed by atoms with van der Waals surface area (Å²) in [6, 6.07) is 24.5. The summed E-state index contributed by atoms with van der Waals surface area (Å²) in [7, 11) is 0. The first-order valence-electron chi connectivity index (χ1n) is 7.79. The van der Waals surface area contributed by atoms with Crippen LogP contribution in [0.4, 0.5) is 0 Å². The Balaban J connectivity index is 1.73. The predicted molar refractivity (Wildman–Crippen MR) is 99.2 cm³/mol. The molecule has 122 valence electrons. The van der Waals surface area contributed by atoms with Gasteiger partial charge >= 0.3 is 0 Å². The van der Waals surface area contributed by atoms with Gasteiger partial charge in [0.05, 0.1) is 11.6 Å². The monoisotopic (exact) mass is 346 g/mol. The Morgan fingerprint density at radius 2 is 1.72 bits per heavy atom. The summed E-state index contributed by atoms with van der Waals surface area (Å²) in [5.41, 5.74) is 3.91. The van der Waals surface area contributed by atoms with Crippen LogP contribution in [0.25, 0.3) is 11.1 Å². The van der Waals surface area contributed by atoms with Crippen molar-refractivity contribution < 1.29 is 4.79 Å². The molecule has 0 aliphatic rings. The summed E-state index contributed by atoms with van der Waals surface area (Å²) in [4.78, 5) is 12.4. The fourth-order valence-corrected chi connectivity index (χ4v) is 2.76. The van der Waals surface area contributed by atoms with Crippen molar-refractivity contribution in [2.45, 2.75) is 6.54 Å².